The number of hydrogen-bond acceptors (Lipinski definition) is 4. The van der Waals surface area contributed by atoms with Crippen molar-refractivity contribution in [3.05, 3.63) is 60.2 Å². The van der Waals surface area contributed by atoms with Crippen molar-refractivity contribution < 1.29 is 22.9 Å². The van der Waals surface area contributed by atoms with E-state index in [9.17, 15) is 17.8 Å². The molecule has 5 nitrogen and oxygen atoms in total. The molecule has 2 rings (SSSR count). The van der Waals surface area contributed by atoms with Gasteiger partial charge in [0.2, 0.25) is 0 Å². The highest BCUT2D eigenvalue weighted by atomic mass is 32.2. The number of aliphatic carboxylic acids is 1. The van der Waals surface area contributed by atoms with Crippen LogP contribution in [-0.2, 0) is 21.3 Å². The van der Waals surface area contributed by atoms with Crippen LogP contribution in [0.5, 0.6) is 0 Å². The molecule has 0 aliphatic carbocycles. The monoisotopic (exact) mass is 350 g/mol. The Kier molecular flexibility index (Phi) is 5.25. The molecule has 7 heteroatoms. The molecule has 0 aromatic heterocycles. The first-order valence-electron chi connectivity index (χ1n) is 6.67. The zero-order chi connectivity index (χ0) is 17.0. The third-order valence-corrected chi connectivity index (χ3v) is 5.07. The summed E-state index contributed by atoms with van der Waals surface area (Å²) < 4.78 is 32.0. The van der Waals surface area contributed by atoms with Gasteiger partial charge in [-0.05, 0) is 23.1 Å². The lowest BCUT2D eigenvalue weighted by atomic mass is 10.0. The highest BCUT2D eigenvalue weighted by Gasteiger charge is 2.31. The van der Waals surface area contributed by atoms with Gasteiger partial charge >= 0.3 is 5.97 Å². The normalized spacial score (nSPS) is 12.6. The molecule has 2 aromatic rings. The van der Waals surface area contributed by atoms with Crippen LogP contribution in [0.25, 0.3) is 11.1 Å². The Balaban J connectivity index is 2.25. The molecule has 0 aliphatic rings. The summed E-state index contributed by atoms with van der Waals surface area (Å²) in [6, 6.07) is 16.6. The second kappa shape index (κ2) is 6.99. The minimum Gasteiger partial charge on any atom is -0.477 e. The molecule has 120 valence electrons. The van der Waals surface area contributed by atoms with E-state index in [-0.39, 0.29) is 6.42 Å². The molecule has 0 saturated carbocycles. The molecular weight excluding hydrogens is 336 g/mol. The van der Waals surface area contributed by atoms with Gasteiger partial charge in [0, 0.05) is 0 Å². The van der Waals surface area contributed by atoms with Gasteiger partial charge in [0.1, 0.15) is 10.1 Å². The Bertz CT molecular complexity index is 811. The minimum absolute atomic E-state index is 0.195. The molecule has 2 aromatic carbocycles. The number of carboxylic acid groups (broad SMARTS) is 1. The van der Waals surface area contributed by atoms with Crippen molar-refractivity contribution in [3.8, 4) is 11.1 Å². The van der Waals surface area contributed by atoms with E-state index in [4.69, 9.17) is 5.11 Å². The second-order valence-electron chi connectivity index (χ2n) is 4.94. The summed E-state index contributed by atoms with van der Waals surface area (Å²) in [7, 11) is -4.59. The van der Waals surface area contributed by atoms with Crippen LogP contribution >= 0.6 is 12.2 Å². The summed E-state index contributed by atoms with van der Waals surface area (Å²) in [6.45, 7) is 0. The highest BCUT2D eigenvalue weighted by Crippen LogP contribution is 2.20. The van der Waals surface area contributed by atoms with Crippen molar-refractivity contribution in [1.82, 2.24) is 0 Å². The van der Waals surface area contributed by atoms with Gasteiger partial charge in [0.25, 0.3) is 10.1 Å². The maximum atomic E-state index is 11.4. The van der Waals surface area contributed by atoms with Crippen molar-refractivity contribution in [1.29, 1.82) is 0 Å². The van der Waals surface area contributed by atoms with Crippen LogP contribution in [0.1, 0.15) is 5.56 Å². The molecule has 1 unspecified atom stereocenters. The Labute approximate surface area is 139 Å². The summed E-state index contributed by atoms with van der Waals surface area (Å²) in [5, 5.41) is 7.23. The summed E-state index contributed by atoms with van der Waals surface area (Å²) in [5.74, 6) is -1.52. The lowest BCUT2D eigenvalue weighted by molar-refractivity contribution is -0.129. The molecule has 0 fully saturated rings. The fourth-order valence-electron chi connectivity index (χ4n) is 2.15. The summed E-state index contributed by atoms with van der Waals surface area (Å²) in [4.78, 5) is 10.2. The summed E-state index contributed by atoms with van der Waals surface area (Å²) in [6.07, 6.45) is -0.195. The first-order chi connectivity index (χ1) is 10.8. The Morgan fingerprint density at radius 2 is 1.52 bits per heavy atom. The SMILES string of the molecule is O=C(O)C(=S)C(Cc1ccc(-c2ccccc2)cc1)S(=O)(=O)O. The van der Waals surface area contributed by atoms with Crippen LogP contribution in [-0.4, -0.2) is 34.2 Å². The van der Waals surface area contributed by atoms with Crippen LogP contribution in [0.15, 0.2) is 54.6 Å². The number of benzene rings is 2. The van der Waals surface area contributed by atoms with Crippen LogP contribution in [0.4, 0.5) is 0 Å². The van der Waals surface area contributed by atoms with Crippen LogP contribution in [0.3, 0.4) is 0 Å². The van der Waals surface area contributed by atoms with E-state index < -0.39 is 26.2 Å². The maximum absolute atomic E-state index is 11.4. The zero-order valence-corrected chi connectivity index (χ0v) is 13.5. The quantitative estimate of drug-likeness (QED) is 0.615. The number of carbonyl (C=O) groups is 1. The average molecular weight is 350 g/mol. The van der Waals surface area contributed by atoms with Gasteiger partial charge in [-0.3, -0.25) is 4.55 Å². The van der Waals surface area contributed by atoms with E-state index in [0.717, 1.165) is 11.1 Å². The van der Waals surface area contributed by atoms with Gasteiger partial charge in [-0.1, -0.05) is 66.8 Å². The second-order valence-corrected chi connectivity index (χ2v) is 6.98. The Morgan fingerprint density at radius 3 is 2.00 bits per heavy atom. The third kappa shape index (κ3) is 4.44. The van der Waals surface area contributed by atoms with Crippen molar-refractivity contribution in [2.24, 2.45) is 0 Å². The Hall–Kier alpha value is -2.09. The topological polar surface area (TPSA) is 91.7 Å². The number of carboxylic acids is 1. The van der Waals surface area contributed by atoms with Gasteiger partial charge in [0.15, 0.2) is 0 Å². The van der Waals surface area contributed by atoms with E-state index in [2.05, 4.69) is 12.2 Å². The first-order valence-corrected chi connectivity index (χ1v) is 8.58. The summed E-state index contributed by atoms with van der Waals surface area (Å²) in [5.41, 5.74) is 2.51. The predicted octanol–water partition coefficient (Wildman–Crippen LogP) is 2.61. The largest absolute Gasteiger partial charge is 0.477 e. The van der Waals surface area contributed by atoms with Crippen molar-refractivity contribution >= 4 is 33.2 Å². The van der Waals surface area contributed by atoms with E-state index in [1.165, 1.54) is 0 Å². The minimum atomic E-state index is -4.59. The number of rotatable bonds is 6. The first kappa shape index (κ1) is 17.3. The molecule has 0 saturated heterocycles. The van der Waals surface area contributed by atoms with Crippen LogP contribution in [0.2, 0.25) is 0 Å². The number of thiocarbonyl (C=S) groups is 1. The molecule has 0 spiro atoms. The fourth-order valence-corrected chi connectivity index (χ4v) is 3.37. The van der Waals surface area contributed by atoms with E-state index in [1.54, 1.807) is 24.3 Å². The maximum Gasteiger partial charge on any atom is 0.343 e. The van der Waals surface area contributed by atoms with Crippen LogP contribution in [0, 0.1) is 0 Å². The molecule has 0 amide bonds. The lowest BCUT2D eigenvalue weighted by Crippen LogP contribution is -2.35. The molecule has 1 atom stereocenters. The van der Waals surface area contributed by atoms with Gasteiger partial charge < -0.3 is 5.11 Å². The van der Waals surface area contributed by atoms with E-state index >= 15 is 0 Å². The smallest absolute Gasteiger partial charge is 0.343 e. The van der Waals surface area contributed by atoms with Crippen molar-refractivity contribution in [3.63, 3.8) is 0 Å². The van der Waals surface area contributed by atoms with E-state index in [0.29, 0.717) is 5.56 Å². The van der Waals surface area contributed by atoms with E-state index in [1.807, 2.05) is 30.3 Å². The molecule has 0 aliphatic heterocycles. The van der Waals surface area contributed by atoms with Gasteiger partial charge in [0.05, 0.1) is 0 Å². The molecule has 0 heterocycles. The van der Waals surface area contributed by atoms with Gasteiger partial charge in [-0.15, -0.1) is 0 Å². The summed E-state index contributed by atoms with van der Waals surface area (Å²) >= 11 is 4.61. The Morgan fingerprint density at radius 1 is 1.00 bits per heavy atom. The molecule has 0 bridgehead atoms. The predicted molar refractivity (Wildman–Crippen MR) is 91.2 cm³/mol. The van der Waals surface area contributed by atoms with Crippen LogP contribution < -0.4 is 0 Å². The van der Waals surface area contributed by atoms with Gasteiger partial charge in [-0.2, -0.15) is 8.42 Å². The number of hydrogen-bond donors (Lipinski definition) is 2. The molecular formula is C16H14O5S2. The lowest BCUT2D eigenvalue weighted by Gasteiger charge is -2.13. The molecule has 0 radical (unpaired) electrons. The van der Waals surface area contributed by atoms with Crippen molar-refractivity contribution in [2.75, 3.05) is 0 Å². The van der Waals surface area contributed by atoms with Gasteiger partial charge in [-0.25, -0.2) is 4.79 Å². The highest BCUT2D eigenvalue weighted by molar-refractivity contribution is 7.91. The third-order valence-electron chi connectivity index (χ3n) is 3.34. The molecule has 23 heavy (non-hydrogen) atoms. The van der Waals surface area contributed by atoms with Crippen molar-refractivity contribution in [2.45, 2.75) is 11.7 Å². The standard InChI is InChI=1S/C16H14O5S2/c17-16(18)15(22)14(23(19,20)21)10-11-6-8-13(9-7-11)12-4-2-1-3-5-12/h1-9,14H,10H2,(H,17,18)(H,19,20,21). The average Bonchev–Trinajstić information content (AvgIpc) is 2.52. The molecule has 2 N–H and O–H groups in total. The fraction of sp³-hybridized carbons (Fsp3) is 0.125. The zero-order valence-electron chi connectivity index (χ0n) is 11.9.